The van der Waals surface area contributed by atoms with Gasteiger partial charge in [0, 0.05) is 19.7 Å². The third-order valence-electron chi connectivity index (χ3n) is 2.88. The van der Waals surface area contributed by atoms with Crippen molar-refractivity contribution in [2.75, 3.05) is 14.1 Å². The van der Waals surface area contributed by atoms with Gasteiger partial charge in [-0.05, 0) is 25.5 Å². The molecule has 1 rings (SSSR count). The molecule has 106 valence electrons. The Morgan fingerprint density at radius 1 is 1.32 bits per heavy atom. The van der Waals surface area contributed by atoms with Gasteiger partial charge in [0.15, 0.2) is 0 Å². The third-order valence-corrected chi connectivity index (χ3v) is 4.67. The summed E-state index contributed by atoms with van der Waals surface area (Å²) in [6.45, 7) is 1.29. The number of nitrogens with zero attached hydrogens (tertiary/aromatic N) is 1. The fraction of sp³-hybridized carbons (Fsp3) is 0.455. The summed E-state index contributed by atoms with van der Waals surface area (Å²) in [6, 6.07) is 0. The highest BCUT2D eigenvalue weighted by atomic mass is 32.2. The smallest absolute Gasteiger partial charge is 0.331 e. The Labute approximate surface area is 110 Å². The number of rotatable bonds is 4. The van der Waals surface area contributed by atoms with Crippen molar-refractivity contribution in [1.82, 2.24) is 4.31 Å². The molecule has 1 unspecified atom stereocenters. The van der Waals surface area contributed by atoms with E-state index in [9.17, 15) is 18.0 Å². The van der Waals surface area contributed by atoms with Crippen LogP contribution in [0.3, 0.4) is 0 Å². The Hall–Kier alpha value is -1.67. The molecule has 0 aliphatic heterocycles. The molecule has 2 N–H and O–H groups in total. The van der Waals surface area contributed by atoms with Crippen LogP contribution in [0.5, 0.6) is 0 Å². The van der Waals surface area contributed by atoms with Gasteiger partial charge in [0.1, 0.15) is 0 Å². The van der Waals surface area contributed by atoms with E-state index in [1.165, 1.54) is 21.0 Å². The van der Waals surface area contributed by atoms with Crippen LogP contribution >= 0.6 is 0 Å². The maximum Gasteiger partial charge on any atom is 0.331 e. The minimum Gasteiger partial charge on any atom is -0.481 e. The first-order valence-electron chi connectivity index (χ1n) is 5.33. The molecule has 0 bridgehead atoms. The predicted molar refractivity (Wildman–Crippen MR) is 66.8 cm³/mol. The van der Waals surface area contributed by atoms with Gasteiger partial charge in [0.25, 0.3) is 0 Å². The molecule has 0 aromatic carbocycles. The highest BCUT2D eigenvalue weighted by Crippen LogP contribution is 2.36. The van der Waals surface area contributed by atoms with Crippen molar-refractivity contribution in [3.8, 4) is 0 Å². The van der Waals surface area contributed by atoms with Crippen LogP contribution in [0.15, 0.2) is 22.6 Å². The normalized spacial score (nSPS) is 23.8. The Morgan fingerprint density at radius 3 is 2.21 bits per heavy atom. The molecule has 0 aromatic heterocycles. The van der Waals surface area contributed by atoms with E-state index < -0.39 is 27.4 Å². The van der Waals surface area contributed by atoms with E-state index in [-0.39, 0.29) is 16.9 Å². The van der Waals surface area contributed by atoms with Gasteiger partial charge in [0.05, 0.1) is 10.3 Å². The molecular formula is C11H15NO6S. The Kier molecular flexibility index (Phi) is 3.87. The molecule has 0 saturated heterocycles. The lowest BCUT2D eigenvalue weighted by molar-refractivity contribution is -0.145. The van der Waals surface area contributed by atoms with Crippen molar-refractivity contribution in [2.45, 2.75) is 13.3 Å². The molecule has 0 heterocycles. The van der Waals surface area contributed by atoms with E-state index in [1.807, 2.05) is 0 Å². The van der Waals surface area contributed by atoms with E-state index in [4.69, 9.17) is 10.2 Å². The monoisotopic (exact) mass is 289 g/mol. The first-order valence-corrected chi connectivity index (χ1v) is 6.77. The van der Waals surface area contributed by atoms with Crippen molar-refractivity contribution in [1.29, 1.82) is 0 Å². The van der Waals surface area contributed by atoms with Crippen LogP contribution in [0.25, 0.3) is 0 Å². The number of hydrogen-bond donors (Lipinski definition) is 2. The van der Waals surface area contributed by atoms with Crippen molar-refractivity contribution < 1.29 is 28.2 Å². The fourth-order valence-electron chi connectivity index (χ4n) is 1.66. The average molecular weight is 289 g/mol. The van der Waals surface area contributed by atoms with Gasteiger partial charge >= 0.3 is 11.9 Å². The van der Waals surface area contributed by atoms with Crippen LogP contribution in [0.2, 0.25) is 0 Å². The summed E-state index contributed by atoms with van der Waals surface area (Å²) in [5.41, 5.74) is -1.80. The Bertz CT molecular complexity index is 586. The van der Waals surface area contributed by atoms with Gasteiger partial charge in [-0.3, -0.25) is 4.79 Å². The second-order valence-electron chi connectivity index (χ2n) is 4.71. The van der Waals surface area contributed by atoms with Crippen molar-refractivity contribution in [3.63, 3.8) is 0 Å². The molecule has 0 amide bonds. The first kappa shape index (κ1) is 15.4. The van der Waals surface area contributed by atoms with Crippen LogP contribution in [-0.4, -0.2) is 49.0 Å². The first-order chi connectivity index (χ1) is 8.50. The van der Waals surface area contributed by atoms with Gasteiger partial charge in [-0.1, -0.05) is 0 Å². The van der Waals surface area contributed by atoms with Crippen molar-refractivity contribution in [2.24, 2.45) is 5.41 Å². The zero-order chi connectivity index (χ0) is 15.0. The zero-order valence-corrected chi connectivity index (χ0v) is 11.6. The third kappa shape index (κ3) is 2.85. The molecule has 8 heteroatoms. The second kappa shape index (κ2) is 4.78. The number of aliphatic carboxylic acids is 2. The lowest BCUT2D eigenvalue weighted by Crippen LogP contribution is -2.33. The van der Waals surface area contributed by atoms with Crippen molar-refractivity contribution in [3.05, 3.63) is 22.6 Å². The molecular weight excluding hydrogens is 274 g/mol. The topological polar surface area (TPSA) is 112 Å². The Balaban J connectivity index is 3.47. The fourth-order valence-corrected chi connectivity index (χ4v) is 2.78. The summed E-state index contributed by atoms with van der Waals surface area (Å²) in [5, 5.41) is 18.1. The van der Waals surface area contributed by atoms with Crippen LogP contribution < -0.4 is 0 Å². The molecule has 0 aromatic rings. The molecule has 0 fully saturated rings. The van der Waals surface area contributed by atoms with Gasteiger partial charge in [-0.15, -0.1) is 0 Å². The highest BCUT2D eigenvalue weighted by Gasteiger charge is 2.39. The summed E-state index contributed by atoms with van der Waals surface area (Å²) >= 11 is 0. The van der Waals surface area contributed by atoms with Crippen molar-refractivity contribution >= 4 is 22.0 Å². The summed E-state index contributed by atoms with van der Waals surface area (Å²) in [7, 11) is -1.30. The summed E-state index contributed by atoms with van der Waals surface area (Å²) in [4.78, 5) is 21.9. The average Bonchev–Trinajstić information content (AvgIpc) is 2.27. The maximum atomic E-state index is 12.0. The minimum absolute atomic E-state index is 0.243. The van der Waals surface area contributed by atoms with Crippen LogP contribution in [0, 0.1) is 5.41 Å². The van der Waals surface area contributed by atoms with Gasteiger partial charge in [-0.25, -0.2) is 17.5 Å². The zero-order valence-electron chi connectivity index (χ0n) is 10.7. The van der Waals surface area contributed by atoms with E-state index >= 15 is 0 Å². The number of carboxylic acid groups (broad SMARTS) is 2. The SMILES string of the molecule is CN(C)S(=O)(=O)C1=CC(C)(C(=O)O)CC(C(=O)O)=C1. The standard InChI is InChI=1S/C11H15NO6S/c1-11(10(15)16)5-7(9(13)14)4-8(6-11)19(17,18)12(2)3/h4,6H,5H2,1-3H3,(H,13,14)(H,15,16). The van der Waals surface area contributed by atoms with E-state index in [0.717, 1.165) is 16.5 Å². The quantitative estimate of drug-likeness (QED) is 0.768. The van der Waals surface area contributed by atoms with Crippen LogP contribution in [-0.2, 0) is 19.6 Å². The molecule has 1 aliphatic carbocycles. The van der Waals surface area contributed by atoms with E-state index in [1.54, 1.807) is 0 Å². The van der Waals surface area contributed by atoms with Crippen LogP contribution in [0.1, 0.15) is 13.3 Å². The summed E-state index contributed by atoms with van der Waals surface area (Å²) in [5.74, 6) is -2.60. The lowest BCUT2D eigenvalue weighted by Gasteiger charge is -2.27. The minimum atomic E-state index is -3.88. The van der Waals surface area contributed by atoms with Gasteiger partial charge in [-0.2, -0.15) is 0 Å². The molecule has 19 heavy (non-hydrogen) atoms. The molecule has 7 nitrogen and oxygen atoms in total. The van der Waals surface area contributed by atoms with Gasteiger partial charge < -0.3 is 10.2 Å². The predicted octanol–water partition coefficient (Wildman–Crippen LogP) is 0.267. The maximum absolute atomic E-state index is 12.0. The molecule has 1 atom stereocenters. The van der Waals surface area contributed by atoms with Gasteiger partial charge in [0.2, 0.25) is 10.0 Å². The highest BCUT2D eigenvalue weighted by molar-refractivity contribution is 7.93. The molecule has 0 spiro atoms. The number of allylic oxidation sites excluding steroid dienone is 1. The van der Waals surface area contributed by atoms with Crippen LogP contribution in [0.4, 0.5) is 0 Å². The molecule has 1 aliphatic rings. The number of hydrogen-bond acceptors (Lipinski definition) is 4. The summed E-state index contributed by atoms with van der Waals surface area (Å²) < 4.78 is 24.9. The number of sulfonamides is 1. The number of carbonyl (C=O) groups is 2. The summed E-state index contributed by atoms with van der Waals surface area (Å²) in [6.07, 6.45) is 1.82. The second-order valence-corrected chi connectivity index (χ2v) is 6.86. The van der Waals surface area contributed by atoms with E-state index in [2.05, 4.69) is 0 Å². The largest absolute Gasteiger partial charge is 0.481 e. The van der Waals surface area contributed by atoms with E-state index in [0.29, 0.717) is 0 Å². The molecule has 0 saturated carbocycles. The molecule has 0 radical (unpaired) electrons. The lowest BCUT2D eigenvalue weighted by atomic mass is 9.80. The number of carboxylic acids is 2. The Morgan fingerprint density at radius 2 is 1.84 bits per heavy atom.